The second-order valence-corrected chi connectivity index (χ2v) is 9.76. The summed E-state index contributed by atoms with van der Waals surface area (Å²) in [6.07, 6.45) is 0. The van der Waals surface area contributed by atoms with E-state index in [-0.39, 0.29) is 11.7 Å². The average molecular weight is 413 g/mol. The van der Waals surface area contributed by atoms with Gasteiger partial charge in [-0.3, -0.25) is 9.00 Å². The molecule has 4 rings (SSSR count). The van der Waals surface area contributed by atoms with E-state index in [1.54, 1.807) is 11.3 Å². The number of amides is 1. The molecule has 0 aliphatic carbocycles. The van der Waals surface area contributed by atoms with Gasteiger partial charge < -0.3 is 9.80 Å². The number of likely N-dealkylation sites (N-methyl/N-ethyl adjacent to an activating group) is 1. The molecule has 0 spiro atoms. The van der Waals surface area contributed by atoms with Crippen molar-refractivity contribution < 1.29 is 9.00 Å². The number of hydrogen-bond acceptors (Lipinski definition) is 4. The van der Waals surface area contributed by atoms with Crippen molar-refractivity contribution in [2.24, 2.45) is 0 Å². The zero-order valence-electron chi connectivity index (χ0n) is 16.0. The van der Waals surface area contributed by atoms with Crippen LogP contribution in [0.1, 0.15) is 5.56 Å². The molecular formula is C22H24N2O2S2. The molecule has 6 heteroatoms. The molecule has 0 radical (unpaired) electrons. The van der Waals surface area contributed by atoms with Crippen LogP contribution in [0, 0.1) is 0 Å². The number of hydrogen-bond donors (Lipinski definition) is 0. The van der Waals surface area contributed by atoms with Crippen molar-refractivity contribution in [3.05, 3.63) is 60.2 Å². The number of carbonyl (C=O) groups is 1. The third-order valence-corrected chi connectivity index (χ3v) is 7.52. The van der Waals surface area contributed by atoms with Gasteiger partial charge in [0, 0.05) is 52.3 Å². The first kappa shape index (κ1) is 19.3. The molecule has 2 aromatic carbocycles. The molecule has 1 fully saturated rings. The molecule has 2 heterocycles. The molecule has 1 saturated heterocycles. The zero-order chi connectivity index (χ0) is 19.5. The number of carbonyl (C=O) groups excluding carboxylic acids is 1. The van der Waals surface area contributed by atoms with Crippen LogP contribution in [-0.2, 0) is 21.3 Å². The molecule has 1 unspecified atom stereocenters. The van der Waals surface area contributed by atoms with Gasteiger partial charge in [-0.2, -0.15) is 0 Å². The van der Waals surface area contributed by atoms with Gasteiger partial charge in [0.15, 0.2) is 0 Å². The van der Waals surface area contributed by atoms with Crippen molar-refractivity contribution in [3.8, 4) is 10.4 Å². The Balaban J connectivity index is 1.48. The Morgan fingerprint density at radius 3 is 2.54 bits per heavy atom. The van der Waals surface area contributed by atoms with Crippen molar-refractivity contribution in [1.29, 1.82) is 0 Å². The highest BCUT2D eigenvalue weighted by atomic mass is 32.2. The van der Waals surface area contributed by atoms with Crippen LogP contribution in [0.15, 0.2) is 54.6 Å². The van der Waals surface area contributed by atoms with Crippen LogP contribution in [0.25, 0.3) is 20.5 Å². The highest BCUT2D eigenvalue weighted by Crippen LogP contribution is 2.35. The van der Waals surface area contributed by atoms with Crippen LogP contribution < -0.4 is 0 Å². The van der Waals surface area contributed by atoms with Gasteiger partial charge in [-0.15, -0.1) is 11.3 Å². The second-order valence-electron chi connectivity index (χ2n) is 7.22. The van der Waals surface area contributed by atoms with E-state index in [1.165, 1.54) is 15.0 Å². The van der Waals surface area contributed by atoms with Gasteiger partial charge in [-0.25, -0.2) is 0 Å². The van der Waals surface area contributed by atoms with Crippen LogP contribution in [0.2, 0.25) is 0 Å². The van der Waals surface area contributed by atoms with Gasteiger partial charge >= 0.3 is 0 Å². The Morgan fingerprint density at radius 2 is 1.75 bits per heavy atom. The lowest BCUT2D eigenvalue weighted by atomic mass is 10.1. The lowest BCUT2D eigenvalue weighted by Gasteiger charge is -2.32. The van der Waals surface area contributed by atoms with Gasteiger partial charge in [0.1, 0.15) is 5.75 Å². The number of piperazine rings is 1. The summed E-state index contributed by atoms with van der Waals surface area (Å²) in [5, 5.41) is 1.23. The summed E-state index contributed by atoms with van der Waals surface area (Å²) in [5.41, 5.74) is 2.16. The first-order valence-corrected chi connectivity index (χ1v) is 11.8. The molecule has 146 valence electrons. The van der Waals surface area contributed by atoms with E-state index in [0.717, 1.165) is 37.3 Å². The minimum absolute atomic E-state index is 0.00535. The molecule has 28 heavy (non-hydrogen) atoms. The van der Waals surface area contributed by atoms with E-state index in [1.807, 2.05) is 35.2 Å². The van der Waals surface area contributed by atoms with Crippen LogP contribution in [-0.4, -0.2) is 58.9 Å². The van der Waals surface area contributed by atoms with Gasteiger partial charge in [0.25, 0.3) is 0 Å². The van der Waals surface area contributed by atoms with Crippen LogP contribution in [0.4, 0.5) is 0 Å². The summed E-state index contributed by atoms with van der Waals surface area (Å²) in [6.45, 7) is 3.22. The number of nitrogens with zero attached hydrogens (tertiary/aromatic N) is 2. The SMILES string of the molecule is CN1CCN(C(=O)CS(=O)Cc2ccccc2-c2cc3ccccc3s2)CC1. The fourth-order valence-corrected chi connectivity index (χ4v) is 5.79. The summed E-state index contributed by atoms with van der Waals surface area (Å²) >= 11 is 1.75. The third kappa shape index (κ3) is 4.35. The molecule has 1 atom stereocenters. The summed E-state index contributed by atoms with van der Waals surface area (Å²) in [7, 11) is 0.847. The first-order valence-electron chi connectivity index (χ1n) is 9.48. The molecule has 0 saturated carbocycles. The summed E-state index contributed by atoms with van der Waals surface area (Å²) in [5.74, 6) is 0.514. The van der Waals surface area contributed by atoms with Crippen molar-refractivity contribution in [3.63, 3.8) is 0 Å². The number of fused-ring (bicyclic) bond motifs is 1. The minimum Gasteiger partial charge on any atom is -0.339 e. The Hall–Kier alpha value is -2.02. The number of benzene rings is 2. The summed E-state index contributed by atoms with van der Waals surface area (Å²) < 4.78 is 14.0. The molecule has 0 N–H and O–H groups in total. The highest BCUT2D eigenvalue weighted by Gasteiger charge is 2.21. The normalized spacial score (nSPS) is 16.4. The van der Waals surface area contributed by atoms with E-state index in [4.69, 9.17) is 0 Å². The maximum Gasteiger partial charge on any atom is 0.235 e. The maximum absolute atomic E-state index is 12.7. The highest BCUT2D eigenvalue weighted by molar-refractivity contribution is 7.84. The number of rotatable bonds is 5. The van der Waals surface area contributed by atoms with Crippen molar-refractivity contribution >= 4 is 38.1 Å². The van der Waals surface area contributed by atoms with E-state index in [9.17, 15) is 9.00 Å². The van der Waals surface area contributed by atoms with Crippen LogP contribution >= 0.6 is 11.3 Å². The molecule has 3 aromatic rings. The summed E-state index contributed by atoms with van der Waals surface area (Å²) in [4.78, 5) is 17.7. The topological polar surface area (TPSA) is 40.6 Å². The smallest absolute Gasteiger partial charge is 0.235 e. The monoisotopic (exact) mass is 412 g/mol. The van der Waals surface area contributed by atoms with Crippen LogP contribution in [0.5, 0.6) is 0 Å². The maximum atomic E-state index is 12.7. The van der Waals surface area contributed by atoms with Crippen molar-refractivity contribution in [2.45, 2.75) is 5.75 Å². The Kier molecular flexibility index (Phi) is 5.90. The molecule has 1 aliphatic rings. The lowest BCUT2D eigenvalue weighted by Crippen LogP contribution is -2.48. The molecule has 1 aromatic heterocycles. The first-order chi connectivity index (χ1) is 13.6. The Labute approximate surface area is 172 Å². The zero-order valence-corrected chi connectivity index (χ0v) is 17.6. The van der Waals surface area contributed by atoms with Crippen molar-refractivity contribution in [1.82, 2.24) is 9.80 Å². The van der Waals surface area contributed by atoms with Gasteiger partial charge in [-0.05, 0) is 35.7 Å². The van der Waals surface area contributed by atoms with Gasteiger partial charge in [-0.1, -0.05) is 42.5 Å². The minimum atomic E-state index is -1.21. The van der Waals surface area contributed by atoms with E-state index in [0.29, 0.717) is 5.75 Å². The molecule has 4 nitrogen and oxygen atoms in total. The third-order valence-electron chi connectivity index (χ3n) is 5.17. The molecule has 0 bridgehead atoms. The second kappa shape index (κ2) is 8.55. The predicted molar refractivity (Wildman–Crippen MR) is 118 cm³/mol. The van der Waals surface area contributed by atoms with Crippen LogP contribution in [0.3, 0.4) is 0 Å². The van der Waals surface area contributed by atoms with Crippen molar-refractivity contribution in [2.75, 3.05) is 39.0 Å². The molecular weight excluding hydrogens is 388 g/mol. The average Bonchev–Trinajstić information content (AvgIpc) is 3.12. The number of thiophene rings is 1. The van der Waals surface area contributed by atoms with E-state index < -0.39 is 10.8 Å². The fraction of sp³-hybridized carbons (Fsp3) is 0.318. The van der Waals surface area contributed by atoms with E-state index >= 15 is 0 Å². The van der Waals surface area contributed by atoms with E-state index in [2.05, 4.69) is 36.2 Å². The lowest BCUT2D eigenvalue weighted by molar-refractivity contribution is -0.129. The predicted octanol–water partition coefficient (Wildman–Crippen LogP) is 3.59. The quantitative estimate of drug-likeness (QED) is 0.643. The largest absolute Gasteiger partial charge is 0.339 e. The fourth-order valence-electron chi connectivity index (χ4n) is 3.51. The Bertz CT molecular complexity index is 973. The summed E-state index contributed by atoms with van der Waals surface area (Å²) in [6, 6.07) is 18.6. The standard InChI is InChI=1S/C22H24N2O2S2/c1-23-10-12-24(13-11-23)22(25)16-28(26)15-18-7-2-4-8-19(18)21-14-17-6-3-5-9-20(17)27-21/h2-9,14H,10-13,15-16H2,1H3. The van der Waals surface area contributed by atoms with Gasteiger partial charge in [0.05, 0.1) is 0 Å². The van der Waals surface area contributed by atoms with Gasteiger partial charge in [0.2, 0.25) is 5.91 Å². The molecule has 1 aliphatic heterocycles. The Morgan fingerprint density at radius 1 is 1.04 bits per heavy atom. The molecule has 1 amide bonds.